The van der Waals surface area contributed by atoms with Gasteiger partial charge in [-0.05, 0) is 43.4 Å². The SMILES string of the molecule is CCCCCCCCCCCCCCCCc1c(Cl)ncc(C)c1C. The molecule has 0 aromatic carbocycles. The Morgan fingerprint density at radius 1 is 0.720 bits per heavy atom. The van der Waals surface area contributed by atoms with Crippen molar-refractivity contribution in [1.29, 1.82) is 0 Å². The molecule has 1 aromatic rings. The van der Waals surface area contributed by atoms with E-state index in [0.29, 0.717) is 5.15 Å². The maximum atomic E-state index is 6.25. The van der Waals surface area contributed by atoms with Gasteiger partial charge >= 0.3 is 0 Å². The average molecular weight is 366 g/mol. The minimum atomic E-state index is 0.706. The highest BCUT2D eigenvalue weighted by molar-refractivity contribution is 6.30. The van der Waals surface area contributed by atoms with Crippen LogP contribution < -0.4 is 0 Å². The largest absolute Gasteiger partial charge is 0.244 e. The molecule has 0 fully saturated rings. The molecule has 0 aliphatic rings. The third-order valence-corrected chi connectivity index (χ3v) is 5.77. The topological polar surface area (TPSA) is 12.9 Å². The van der Waals surface area contributed by atoms with Crippen LogP contribution in [0, 0.1) is 13.8 Å². The van der Waals surface area contributed by atoms with Crippen LogP contribution in [-0.2, 0) is 6.42 Å². The fourth-order valence-electron chi connectivity index (χ4n) is 3.51. The summed E-state index contributed by atoms with van der Waals surface area (Å²) >= 11 is 6.25. The van der Waals surface area contributed by atoms with Crippen LogP contribution >= 0.6 is 11.6 Å². The Kier molecular flexibility index (Phi) is 13.1. The molecule has 0 aliphatic carbocycles. The number of hydrogen-bond donors (Lipinski definition) is 0. The van der Waals surface area contributed by atoms with E-state index in [4.69, 9.17) is 11.6 Å². The molecule has 0 amide bonds. The monoisotopic (exact) mass is 365 g/mol. The Morgan fingerprint density at radius 2 is 1.16 bits per heavy atom. The molecule has 0 bridgehead atoms. The van der Waals surface area contributed by atoms with Crippen molar-refractivity contribution in [2.75, 3.05) is 0 Å². The fraction of sp³-hybridized carbons (Fsp3) is 0.783. The van der Waals surface area contributed by atoms with E-state index in [1.165, 1.54) is 107 Å². The summed E-state index contributed by atoms with van der Waals surface area (Å²) in [6.45, 7) is 6.57. The average Bonchev–Trinajstić information content (AvgIpc) is 2.61. The minimum Gasteiger partial charge on any atom is -0.244 e. The Morgan fingerprint density at radius 3 is 1.64 bits per heavy atom. The van der Waals surface area contributed by atoms with Crippen molar-refractivity contribution in [2.45, 2.75) is 117 Å². The molecule has 0 unspecified atom stereocenters. The van der Waals surface area contributed by atoms with E-state index in [1.807, 2.05) is 6.20 Å². The summed E-state index contributed by atoms with van der Waals surface area (Å²) in [4.78, 5) is 4.29. The number of unbranched alkanes of at least 4 members (excludes halogenated alkanes) is 13. The maximum Gasteiger partial charge on any atom is 0.132 e. The lowest BCUT2D eigenvalue weighted by Gasteiger charge is -2.10. The lowest BCUT2D eigenvalue weighted by molar-refractivity contribution is 0.535. The first-order valence-corrected chi connectivity index (χ1v) is 11.1. The van der Waals surface area contributed by atoms with E-state index in [0.717, 1.165) is 6.42 Å². The van der Waals surface area contributed by atoms with Crippen LogP contribution in [-0.4, -0.2) is 4.98 Å². The van der Waals surface area contributed by atoms with Crippen LogP contribution in [0.2, 0.25) is 5.15 Å². The van der Waals surface area contributed by atoms with E-state index in [-0.39, 0.29) is 0 Å². The van der Waals surface area contributed by atoms with Gasteiger partial charge in [0.2, 0.25) is 0 Å². The smallest absolute Gasteiger partial charge is 0.132 e. The van der Waals surface area contributed by atoms with Crippen LogP contribution in [0.15, 0.2) is 6.20 Å². The summed E-state index contributed by atoms with van der Waals surface area (Å²) in [7, 11) is 0. The quantitative estimate of drug-likeness (QED) is 0.224. The Labute approximate surface area is 162 Å². The second-order valence-corrected chi connectivity index (χ2v) is 8.04. The first-order valence-electron chi connectivity index (χ1n) is 10.8. The number of halogens is 1. The zero-order valence-electron chi connectivity index (χ0n) is 17.0. The second kappa shape index (κ2) is 14.6. The normalized spacial score (nSPS) is 11.2. The summed E-state index contributed by atoms with van der Waals surface area (Å²) in [6.07, 6.45) is 22.6. The zero-order valence-corrected chi connectivity index (χ0v) is 17.8. The summed E-state index contributed by atoms with van der Waals surface area (Å²) in [5, 5.41) is 0.706. The summed E-state index contributed by atoms with van der Waals surface area (Å²) in [6, 6.07) is 0. The molecule has 0 saturated carbocycles. The third-order valence-electron chi connectivity index (χ3n) is 5.45. The molecule has 25 heavy (non-hydrogen) atoms. The number of nitrogens with zero attached hydrogens (tertiary/aromatic N) is 1. The Bertz CT molecular complexity index is 456. The van der Waals surface area contributed by atoms with Crippen molar-refractivity contribution in [1.82, 2.24) is 4.98 Å². The van der Waals surface area contributed by atoms with E-state index in [9.17, 15) is 0 Å². The highest BCUT2D eigenvalue weighted by atomic mass is 35.5. The predicted octanol–water partition coefficient (Wildman–Crippen LogP) is 8.38. The zero-order chi connectivity index (χ0) is 18.3. The van der Waals surface area contributed by atoms with E-state index < -0.39 is 0 Å². The first-order chi connectivity index (χ1) is 12.2. The lowest BCUT2D eigenvalue weighted by atomic mass is 10.00. The molecule has 0 N–H and O–H groups in total. The number of hydrogen-bond acceptors (Lipinski definition) is 1. The summed E-state index contributed by atoms with van der Waals surface area (Å²) in [5.41, 5.74) is 3.85. The Balaban J connectivity index is 1.92. The number of aromatic nitrogens is 1. The predicted molar refractivity (Wildman–Crippen MR) is 113 cm³/mol. The molecule has 0 saturated heterocycles. The van der Waals surface area contributed by atoms with Gasteiger partial charge in [-0.1, -0.05) is 102 Å². The molecule has 0 radical (unpaired) electrons. The molecule has 0 spiro atoms. The van der Waals surface area contributed by atoms with Crippen molar-refractivity contribution in [2.24, 2.45) is 0 Å². The molecule has 144 valence electrons. The van der Waals surface area contributed by atoms with Crippen molar-refractivity contribution >= 4 is 11.6 Å². The number of aryl methyl sites for hydroxylation is 1. The summed E-state index contributed by atoms with van der Waals surface area (Å²) < 4.78 is 0. The van der Waals surface area contributed by atoms with Crippen LogP contribution in [0.25, 0.3) is 0 Å². The van der Waals surface area contributed by atoms with Crippen LogP contribution in [0.3, 0.4) is 0 Å². The van der Waals surface area contributed by atoms with Crippen LogP contribution in [0.1, 0.15) is 114 Å². The molecule has 1 aromatic heterocycles. The van der Waals surface area contributed by atoms with Crippen LogP contribution in [0.5, 0.6) is 0 Å². The van der Waals surface area contributed by atoms with Gasteiger partial charge in [-0.25, -0.2) is 4.98 Å². The van der Waals surface area contributed by atoms with Gasteiger partial charge in [0.25, 0.3) is 0 Å². The summed E-state index contributed by atoms with van der Waals surface area (Å²) in [5.74, 6) is 0. The number of pyridine rings is 1. The van der Waals surface area contributed by atoms with E-state index in [2.05, 4.69) is 25.8 Å². The van der Waals surface area contributed by atoms with E-state index >= 15 is 0 Å². The van der Waals surface area contributed by atoms with Gasteiger partial charge in [0.05, 0.1) is 0 Å². The molecule has 2 heteroatoms. The molecule has 1 heterocycles. The molecule has 1 nitrogen and oxygen atoms in total. The lowest BCUT2D eigenvalue weighted by Crippen LogP contribution is -1.97. The third kappa shape index (κ3) is 10.2. The Hall–Kier alpha value is -0.560. The van der Waals surface area contributed by atoms with Crippen molar-refractivity contribution in [3.63, 3.8) is 0 Å². The first kappa shape index (κ1) is 22.5. The van der Waals surface area contributed by atoms with Gasteiger partial charge < -0.3 is 0 Å². The molecule has 0 aliphatic heterocycles. The standard InChI is InChI=1S/C23H40ClN/c1-4-5-6-7-8-9-10-11-12-13-14-15-16-17-18-22-21(3)20(2)19-25-23(22)24/h19H,4-18H2,1-3H3. The van der Waals surface area contributed by atoms with Crippen LogP contribution in [0.4, 0.5) is 0 Å². The van der Waals surface area contributed by atoms with Gasteiger partial charge in [-0.3, -0.25) is 0 Å². The van der Waals surface area contributed by atoms with Gasteiger partial charge in [0.15, 0.2) is 0 Å². The second-order valence-electron chi connectivity index (χ2n) is 7.68. The van der Waals surface area contributed by atoms with Gasteiger partial charge in [0, 0.05) is 6.20 Å². The van der Waals surface area contributed by atoms with Crippen molar-refractivity contribution in [3.05, 3.63) is 28.0 Å². The van der Waals surface area contributed by atoms with Crippen molar-refractivity contribution < 1.29 is 0 Å². The molecular weight excluding hydrogens is 326 g/mol. The minimum absolute atomic E-state index is 0.706. The highest BCUT2D eigenvalue weighted by Gasteiger charge is 2.07. The van der Waals surface area contributed by atoms with Crippen molar-refractivity contribution in [3.8, 4) is 0 Å². The van der Waals surface area contributed by atoms with Gasteiger partial charge in [-0.2, -0.15) is 0 Å². The molecular formula is C23H40ClN. The maximum absolute atomic E-state index is 6.25. The number of rotatable bonds is 15. The van der Waals surface area contributed by atoms with E-state index in [1.54, 1.807) is 0 Å². The molecule has 1 rings (SSSR count). The fourth-order valence-corrected chi connectivity index (χ4v) is 3.79. The van der Waals surface area contributed by atoms with Gasteiger partial charge in [-0.15, -0.1) is 0 Å². The molecule has 0 atom stereocenters. The highest BCUT2D eigenvalue weighted by Crippen LogP contribution is 2.22. The van der Waals surface area contributed by atoms with Gasteiger partial charge in [0.1, 0.15) is 5.15 Å².